The zero-order valence-electron chi connectivity index (χ0n) is 5.81. The first-order valence-corrected chi connectivity index (χ1v) is 3.08. The molecule has 2 rings (SSSR count). The van der Waals surface area contributed by atoms with Gasteiger partial charge in [0.15, 0.2) is 12.1 Å². The predicted molar refractivity (Wildman–Crippen MR) is 35.4 cm³/mol. The summed E-state index contributed by atoms with van der Waals surface area (Å²) in [6.45, 7) is 1.74. The Balaban J connectivity index is 2.90. The molecule has 0 amide bonds. The van der Waals surface area contributed by atoms with Gasteiger partial charge in [-0.2, -0.15) is 0 Å². The number of hydrogen-bond donors (Lipinski definition) is 0. The molecule has 0 N–H and O–H groups in total. The number of aldehydes is 1. The summed E-state index contributed by atoms with van der Waals surface area (Å²) in [7, 11) is 0. The van der Waals surface area contributed by atoms with Crippen molar-refractivity contribution in [2.75, 3.05) is 0 Å². The second-order valence-corrected chi connectivity index (χ2v) is 2.15. The van der Waals surface area contributed by atoms with E-state index in [0.29, 0.717) is 23.6 Å². The van der Waals surface area contributed by atoms with Gasteiger partial charge in [-0.15, -0.1) is 0 Å². The maximum atomic E-state index is 10.4. The molecule has 0 aliphatic rings. The van der Waals surface area contributed by atoms with Crippen molar-refractivity contribution < 1.29 is 9.32 Å². The molecule has 0 saturated carbocycles. The van der Waals surface area contributed by atoms with Gasteiger partial charge in [0.25, 0.3) is 0 Å². The highest BCUT2D eigenvalue weighted by atomic mass is 16.5. The van der Waals surface area contributed by atoms with Gasteiger partial charge in [-0.05, 0) is 6.92 Å². The first kappa shape index (κ1) is 6.09. The number of fused-ring (bicyclic) bond motifs is 1. The predicted octanol–water partition coefficient (Wildman–Crippen LogP) is 0.443. The minimum Gasteiger partial charge on any atom is -0.315 e. The lowest BCUT2D eigenvalue weighted by Gasteiger charge is -1.84. The molecule has 0 aliphatic carbocycles. The summed E-state index contributed by atoms with van der Waals surface area (Å²) in [5.74, 6) is 0.976. The van der Waals surface area contributed by atoms with Crippen LogP contribution in [0.5, 0.6) is 0 Å². The monoisotopic (exact) mass is 151 g/mol. The molecule has 2 aromatic rings. The average Bonchev–Trinajstić information content (AvgIpc) is 2.54. The lowest BCUT2D eigenvalue weighted by molar-refractivity contribution is 0.111. The molecule has 5 heteroatoms. The molecule has 11 heavy (non-hydrogen) atoms. The van der Waals surface area contributed by atoms with E-state index < -0.39 is 0 Å². The van der Waals surface area contributed by atoms with Crippen LogP contribution in [0.2, 0.25) is 0 Å². The van der Waals surface area contributed by atoms with E-state index in [0.717, 1.165) is 0 Å². The van der Waals surface area contributed by atoms with Gasteiger partial charge in [0, 0.05) is 0 Å². The van der Waals surface area contributed by atoms with E-state index in [1.54, 1.807) is 11.3 Å². The summed E-state index contributed by atoms with van der Waals surface area (Å²) in [6, 6.07) is 0. The number of aryl methyl sites for hydroxylation is 1. The van der Waals surface area contributed by atoms with Crippen molar-refractivity contribution >= 4 is 12.1 Å². The molecular formula is C6H5N3O2. The summed E-state index contributed by atoms with van der Waals surface area (Å²) in [5, 5.41) is 3.63. The molecule has 0 unspecified atom stereocenters. The fourth-order valence-electron chi connectivity index (χ4n) is 0.968. The van der Waals surface area contributed by atoms with Crippen molar-refractivity contribution in [3.63, 3.8) is 0 Å². The largest absolute Gasteiger partial charge is 0.332 e. The molecule has 2 heterocycles. The molecule has 56 valence electrons. The Morgan fingerprint density at radius 1 is 1.73 bits per heavy atom. The van der Waals surface area contributed by atoms with Crippen LogP contribution in [0.25, 0.3) is 5.84 Å². The standard InChI is InChI=1S/C6H5N3O2/c1-4-8-11-6-7-2-5(3-10)9(4)6/h2-3H,1H3. The number of nitrogens with zero attached hydrogens (tertiary/aromatic N) is 3. The number of aromatic nitrogens is 3. The van der Waals surface area contributed by atoms with Crippen LogP contribution in [0.3, 0.4) is 0 Å². The van der Waals surface area contributed by atoms with Crippen LogP contribution < -0.4 is 0 Å². The first-order valence-electron chi connectivity index (χ1n) is 3.08. The third-order valence-corrected chi connectivity index (χ3v) is 1.46. The molecule has 0 radical (unpaired) electrons. The number of imidazole rings is 1. The van der Waals surface area contributed by atoms with Gasteiger partial charge in [-0.1, -0.05) is 5.16 Å². The van der Waals surface area contributed by atoms with Crippen molar-refractivity contribution in [1.29, 1.82) is 0 Å². The highest BCUT2D eigenvalue weighted by molar-refractivity contribution is 5.73. The molecule has 0 bridgehead atoms. The third-order valence-electron chi connectivity index (χ3n) is 1.46. The van der Waals surface area contributed by atoms with Crippen LogP contribution in [-0.4, -0.2) is 20.8 Å². The highest BCUT2D eigenvalue weighted by Gasteiger charge is 2.08. The summed E-state index contributed by atoms with van der Waals surface area (Å²) >= 11 is 0. The van der Waals surface area contributed by atoms with Crippen molar-refractivity contribution in [3.8, 4) is 0 Å². The Labute approximate surface area is 61.6 Å². The Morgan fingerprint density at radius 2 is 2.55 bits per heavy atom. The number of carbonyl (C=O) groups is 1. The molecular weight excluding hydrogens is 146 g/mol. The quantitative estimate of drug-likeness (QED) is 0.555. The lowest BCUT2D eigenvalue weighted by Crippen LogP contribution is -1.90. The summed E-state index contributed by atoms with van der Waals surface area (Å²) in [6.07, 6.45) is 2.16. The van der Waals surface area contributed by atoms with Crippen LogP contribution in [0, 0.1) is 6.92 Å². The minimum absolute atomic E-state index is 0.351. The Hall–Kier alpha value is -1.65. The summed E-state index contributed by atoms with van der Waals surface area (Å²) < 4.78 is 6.32. The van der Waals surface area contributed by atoms with Gasteiger partial charge in [0.1, 0.15) is 5.69 Å². The Kier molecular flexibility index (Phi) is 1.06. The van der Waals surface area contributed by atoms with Crippen molar-refractivity contribution in [2.24, 2.45) is 0 Å². The molecule has 5 nitrogen and oxygen atoms in total. The van der Waals surface area contributed by atoms with Crippen LogP contribution in [0.4, 0.5) is 0 Å². The minimum atomic E-state index is 0.351. The molecule has 0 saturated heterocycles. The lowest BCUT2D eigenvalue weighted by atomic mass is 10.5. The zero-order valence-corrected chi connectivity index (χ0v) is 5.81. The van der Waals surface area contributed by atoms with Gasteiger partial charge in [0.05, 0.1) is 6.20 Å². The molecule has 0 atom stereocenters. The second-order valence-electron chi connectivity index (χ2n) is 2.15. The first-order chi connectivity index (χ1) is 5.33. The van der Waals surface area contributed by atoms with Gasteiger partial charge >= 0.3 is 5.84 Å². The molecule has 0 aromatic carbocycles. The molecule has 0 fully saturated rings. The summed E-state index contributed by atoms with van der Waals surface area (Å²) in [5.41, 5.74) is 0.457. The third kappa shape index (κ3) is 0.674. The van der Waals surface area contributed by atoms with Crippen LogP contribution in [-0.2, 0) is 0 Å². The van der Waals surface area contributed by atoms with Gasteiger partial charge in [0.2, 0.25) is 0 Å². The Bertz CT molecular complexity index is 401. The normalized spacial score (nSPS) is 10.6. The van der Waals surface area contributed by atoms with E-state index >= 15 is 0 Å². The van der Waals surface area contributed by atoms with Crippen LogP contribution in [0.15, 0.2) is 10.7 Å². The smallest absolute Gasteiger partial charge is 0.315 e. The van der Waals surface area contributed by atoms with Crippen LogP contribution >= 0.6 is 0 Å². The zero-order chi connectivity index (χ0) is 7.84. The average molecular weight is 151 g/mol. The maximum Gasteiger partial charge on any atom is 0.332 e. The van der Waals surface area contributed by atoms with E-state index in [1.807, 2.05) is 0 Å². The maximum absolute atomic E-state index is 10.4. The molecule has 0 spiro atoms. The van der Waals surface area contributed by atoms with Crippen LogP contribution in [0.1, 0.15) is 16.3 Å². The summed E-state index contributed by atoms with van der Waals surface area (Å²) in [4.78, 5) is 14.2. The SMILES string of the molecule is Cc1noc2ncc(C=O)n12. The van der Waals surface area contributed by atoms with Gasteiger partial charge in [-0.3, -0.25) is 4.79 Å². The van der Waals surface area contributed by atoms with Gasteiger partial charge in [-0.25, -0.2) is 9.38 Å². The number of hydrogen-bond acceptors (Lipinski definition) is 4. The number of carbonyl (C=O) groups excluding carboxylic acids is 1. The molecule has 2 aromatic heterocycles. The van der Waals surface area contributed by atoms with Gasteiger partial charge < -0.3 is 4.52 Å². The van der Waals surface area contributed by atoms with E-state index in [9.17, 15) is 4.79 Å². The van der Waals surface area contributed by atoms with E-state index in [-0.39, 0.29) is 0 Å². The topological polar surface area (TPSA) is 60.4 Å². The second kappa shape index (κ2) is 1.91. The van der Waals surface area contributed by atoms with Crippen molar-refractivity contribution in [2.45, 2.75) is 6.92 Å². The van der Waals surface area contributed by atoms with Crippen molar-refractivity contribution in [1.82, 2.24) is 14.5 Å². The fourth-order valence-corrected chi connectivity index (χ4v) is 0.968. The highest BCUT2D eigenvalue weighted by Crippen LogP contribution is 2.06. The fraction of sp³-hybridized carbons (Fsp3) is 0.167. The number of rotatable bonds is 1. The van der Waals surface area contributed by atoms with E-state index in [1.165, 1.54) is 6.20 Å². The van der Waals surface area contributed by atoms with E-state index in [4.69, 9.17) is 4.52 Å². The Morgan fingerprint density at radius 3 is 3.27 bits per heavy atom. The van der Waals surface area contributed by atoms with Crippen molar-refractivity contribution in [3.05, 3.63) is 17.7 Å². The van der Waals surface area contributed by atoms with E-state index in [2.05, 4.69) is 10.1 Å². The molecule has 0 aliphatic heterocycles.